The third kappa shape index (κ3) is 5.07. The van der Waals surface area contributed by atoms with E-state index in [-0.39, 0.29) is 23.5 Å². The molecule has 26 heavy (non-hydrogen) atoms. The van der Waals surface area contributed by atoms with Gasteiger partial charge in [-0.05, 0) is 19.8 Å². The number of amides is 2. The average molecular weight is 394 g/mol. The van der Waals surface area contributed by atoms with Gasteiger partial charge in [0.05, 0.1) is 17.4 Å². The first-order valence-electron chi connectivity index (χ1n) is 8.77. The summed E-state index contributed by atoms with van der Waals surface area (Å²) < 4.78 is 0.735. The number of primary amides is 1. The molecule has 2 aromatic heterocycles. The number of hydrogen-bond acceptors (Lipinski definition) is 6. The maximum absolute atomic E-state index is 12.2. The fraction of sp³-hybridized carbons (Fsp3) is 0.529. The van der Waals surface area contributed by atoms with Crippen molar-refractivity contribution in [1.29, 1.82) is 0 Å². The second-order valence-corrected chi connectivity index (χ2v) is 8.98. The molecule has 2 heterocycles. The number of nitrogens with zero attached hydrogens (tertiary/aromatic N) is 2. The van der Waals surface area contributed by atoms with Crippen LogP contribution >= 0.6 is 23.1 Å². The summed E-state index contributed by atoms with van der Waals surface area (Å²) in [5.74, 6) is 0.545. The van der Waals surface area contributed by atoms with E-state index in [2.05, 4.69) is 20.5 Å². The highest BCUT2D eigenvalue weighted by Gasteiger charge is 2.19. The number of aromatic nitrogens is 3. The fourth-order valence-corrected chi connectivity index (χ4v) is 4.94. The van der Waals surface area contributed by atoms with Crippen molar-refractivity contribution < 1.29 is 9.59 Å². The zero-order chi connectivity index (χ0) is 18.5. The van der Waals surface area contributed by atoms with Gasteiger partial charge in [0.2, 0.25) is 11.8 Å². The first-order valence-corrected chi connectivity index (χ1v) is 10.5. The Bertz CT molecular complexity index is 767. The Morgan fingerprint density at radius 3 is 2.92 bits per heavy atom. The molecule has 7 nitrogen and oxygen atoms in total. The fourth-order valence-electron chi connectivity index (χ4n) is 3.01. The third-order valence-corrected chi connectivity index (χ3v) is 6.60. The molecule has 0 bridgehead atoms. The first-order chi connectivity index (χ1) is 12.5. The number of anilines is 1. The van der Waals surface area contributed by atoms with Crippen molar-refractivity contribution in [2.45, 2.75) is 61.0 Å². The van der Waals surface area contributed by atoms with Gasteiger partial charge in [0.15, 0.2) is 10.2 Å². The molecule has 1 atom stereocenters. The van der Waals surface area contributed by atoms with Crippen LogP contribution in [0.1, 0.15) is 56.3 Å². The molecule has 2 aromatic rings. The van der Waals surface area contributed by atoms with Crippen molar-refractivity contribution >= 4 is 40.7 Å². The molecule has 1 saturated carbocycles. The van der Waals surface area contributed by atoms with Gasteiger partial charge in [-0.15, -0.1) is 11.3 Å². The predicted octanol–water partition coefficient (Wildman–Crippen LogP) is 3.06. The summed E-state index contributed by atoms with van der Waals surface area (Å²) in [6.45, 7) is 1.74. The highest BCUT2D eigenvalue weighted by molar-refractivity contribution is 8.02. The lowest BCUT2D eigenvalue weighted by Crippen LogP contribution is -2.22. The van der Waals surface area contributed by atoms with Gasteiger partial charge < -0.3 is 11.1 Å². The SMILES string of the molecule is CC(Sc1nc(CC(=O)Nc2cc(C3CCCCC3)[nH]n2)cs1)C(N)=O. The lowest BCUT2D eigenvalue weighted by Gasteiger charge is -2.19. The van der Waals surface area contributed by atoms with Crippen LogP contribution in [0.4, 0.5) is 5.82 Å². The number of aromatic amines is 1. The monoisotopic (exact) mass is 393 g/mol. The summed E-state index contributed by atoms with van der Waals surface area (Å²) in [5.41, 5.74) is 7.04. The number of rotatable bonds is 7. The minimum atomic E-state index is -0.378. The highest BCUT2D eigenvalue weighted by atomic mass is 32.2. The van der Waals surface area contributed by atoms with E-state index in [0.717, 1.165) is 10.0 Å². The molecule has 3 rings (SSSR count). The van der Waals surface area contributed by atoms with E-state index in [4.69, 9.17) is 5.73 Å². The van der Waals surface area contributed by atoms with Crippen molar-refractivity contribution in [1.82, 2.24) is 15.2 Å². The quantitative estimate of drug-likeness (QED) is 0.626. The maximum Gasteiger partial charge on any atom is 0.231 e. The molecule has 1 aliphatic carbocycles. The van der Waals surface area contributed by atoms with Gasteiger partial charge in [0.25, 0.3) is 0 Å². The average Bonchev–Trinajstić information content (AvgIpc) is 3.25. The molecule has 0 saturated heterocycles. The zero-order valence-electron chi connectivity index (χ0n) is 14.7. The van der Waals surface area contributed by atoms with Crippen molar-refractivity contribution in [3.05, 3.63) is 22.8 Å². The second-order valence-electron chi connectivity index (χ2n) is 6.54. The number of nitrogens with two attached hydrogens (primary N) is 1. The number of hydrogen-bond donors (Lipinski definition) is 3. The van der Waals surface area contributed by atoms with Gasteiger partial charge in [-0.1, -0.05) is 31.0 Å². The van der Waals surface area contributed by atoms with Gasteiger partial charge in [-0.2, -0.15) is 5.10 Å². The number of thioether (sulfide) groups is 1. The van der Waals surface area contributed by atoms with E-state index in [1.807, 2.05) is 11.4 Å². The largest absolute Gasteiger partial charge is 0.369 e. The molecule has 0 radical (unpaired) electrons. The van der Waals surface area contributed by atoms with Crippen LogP contribution in [0, 0.1) is 0 Å². The maximum atomic E-state index is 12.2. The number of carbonyl (C=O) groups is 2. The minimum absolute atomic E-state index is 0.156. The van der Waals surface area contributed by atoms with E-state index in [1.165, 1.54) is 55.2 Å². The van der Waals surface area contributed by atoms with Crippen LogP contribution in [-0.4, -0.2) is 32.2 Å². The summed E-state index contributed by atoms with van der Waals surface area (Å²) in [4.78, 5) is 27.7. The molecular weight excluding hydrogens is 370 g/mol. The molecule has 140 valence electrons. The van der Waals surface area contributed by atoms with Crippen molar-refractivity contribution in [3.63, 3.8) is 0 Å². The molecule has 9 heteroatoms. The molecule has 1 aliphatic rings. The molecule has 0 aromatic carbocycles. The molecule has 1 unspecified atom stereocenters. The molecule has 2 amide bonds. The number of H-pyrrole nitrogens is 1. The molecular formula is C17H23N5O2S2. The second kappa shape index (κ2) is 8.68. The standard InChI is InChI=1S/C17H23N5O2S2/c1-10(16(18)24)26-17-19-12(9-25-17)7-15(23)20-14-8-13(21-22-14)11-5-3-2-4-6-11/h8-11H,2-7H2,1H3,(H2,18,24)(H2,20,21,22,23). The number of nitrogens with one attached hydrogen (secondary N) is 2. The van der Waals surface area contributed by atoms with E-state index >= 15 is 0 Å². The normalized spacial score (nSPS) is 16.3. The van der Waals surface area contributed by atoms with Gasteiger partial charge in [0.1, 0.15) is 0 Å². The summed E-state index contributed by atoms with van der Waals surface area (Å²) in [7, 11) is 0. The zero-order valence-corrected chi connectivity index (χ0v) is 16.3. The van der Waals surface area contributed by atoms with Crippen molar-refractivity contribution in [2.24, 2.45) is 5.73 Å². The van der Waals surface area contributed by atoms with Crippen molar-refractivity contribution in [3.8, 4) is 0 Å². The minimum Gasteiger partial charge on any atom is -0.369 e. The highest BCUT2D eigenvalue weighted by Crippen LogP contribution is 2.32. The van der Waals surface area contributed by atoms with Gasteiger partial charge in [-0.25, -0.2) is 4.98 Å². The Morgan fingerprint density at radius 1 is 1.42 bits per heavy atom. The van der Waals surface area contributed by atoms with E-state index in [9.17, 15) is 9.59 Å². The van der Waals surface area contributed by atoms with Crippen molar-refractivity contribution in [2.75, 3.05) is 5.32 Å². The lowest BCUT2D eigenvalue weighted by molar-refractivity contribution is -0.117. The van der Waals surface area contributed by atoms with Crippen LogP contribution in [-0.2, 0) is 16.0 Å². The topological polar surface area (TPSA) is 114 Å². The Hall–Kier alpha value is -1.87. The predicted molar refractivity (Wildman–Crippen MR) is 103 cm³/mol. The van der Waals surface area contributed by atoms with Crippen LogP contribution in [0.25, 0.3) is 0 Å². The summed E-state index contributed by atoms with van der Waals surface area (Å²) in [5, 5.41) is 11.6. The van der Waals surface area contributed by atoms with Crippen LogP contribution in [0.3, 0.4) is 0 Å². The van der Waals surface area contributed by atoms with Gasteiger partial charge in [0, 0.05) is 23.1 Å². The Kier molecular flexibility index (Phi) is 6.31. The summed E-state index contributed by atoms with van der Waals surface area (Å²) in [6.07, 6.45) is 6.35. The molecule has 0 spiro atoms. The van der Waals surface area contributed by atoms with Crippen LogP contribution < -0.4 is 11.1 Å². The van der Waals surface area contributed by atoms with E-state index < -0.39 is 0 Å². The Morgan fingerprint density at radius 2 is 2.19 bits per heavy atom. The molecule has 0 aliphatic heterocycles. The van der Waals surface area contributed by atoms with E-state index in [0.29, 0.717) is 17.4 Å². The molecule has 4 N–H and O–H groups in total. The van der Waals surface area contributed by atoms with Crippen LogP contribution in [0.2, 0.25) is 0 Å². The number of thiazole rings is 1. The van der Waals surface area contributed by atoms with Gasteiger partial charge in [-0.3, -0.25) is 14.7 Å². The Labute approximate surface area is 160 Å². The summed E-state index contributed by atoms with van der Waals surface area (Å²) in [6, 6.07) is 1.94. The molecule has 1 fully saturated rings. The smallest absolute Gasteiger partial charge is 0.231 e. The summed E-state index contributed by atoms with van der Waals surface area (Å²) >= 11 is 2.72. The van der Waals surface area contributed by atoms with Crippen LogP contribution in [0.5, 0.6) is 0 Å². The first kappa shape index (κ1) is 18.9. The lowest BCUT2D eigenvalue weighted by atomic mass is 9.87. The number of carbonyl (C=O) groups excluding carboxylic acids is 2. The third-order valence-electron chi connectivity index (χ3n) is 4.46. The Balaban J connectivity index is 1.52. The van der Waals surface area contributed by atoms with E-state index in [1.54, 1.807) is 6.92 Å². The van der Waals surface area contributed by atoms with Crippen LogP contribution in [0.15, 0.2) is 15.8 Å². The van der Waals surface area contributed by atoms with Gasteiger partial charge >= 0.3 is 0 Å².